The van der Waals surface area contributed by atoms with Crippen molar-refractivity contribution in [2.75, 3.05) is 10.6 Å². The maximum absolute atomic E-state index is 11.5. The second kappa shape index (κ2) is 8.24. The van der Waals surface area contributed by atoms with E-state index in [1.54, 1.807) is 13.8 Å². The van der Waals surface area contributed by atoms with Crippen LogP contribution in [0.4, 0.5) is 17.5 Å². The number of nitrogens with zero attached hydrogens (tertiary/aromatic N) is 2. The van der Waals surface area contributed by atoms with Crippen molar-refractivity contribution in [1.29, 1.82) is 0 Å². The van der Waals surface area contributed by atoms with Crippen LogP contribution in [0.2, 0.25) is 10.0 Å². The number of sulfonamides is 1. The number of benzene rings is 1. The van der Waals surface area contributed by atoms with Crippen LogP contribution >= 0.6 is 39.1 Å². The van der Waals surface area contributed by atoms with E-state index in [-0.39, 0.29) is 26.9 Å². The van der Waals surface area contributed by atoms with Crippen LogP contribution in [-0.4, -0.2) is 35.6 Å². The maximum Gasteiger partial charge on any atom is 0.241 e. The lowest BCUT2D eigenvalue weighted by Crippen LogP contribution is -2.28. The van der Waals surface area contributed by atoms with Crippen LogP contribution < -0.4 is 15.8 Å². The van der Waals surface area contributed by atoms with Gasteiger partial charge >= 0.3 is 0 Å². The van der Waals surface area contributed by atoms with E-state index >= 15 is 0 Å². The molecule has 1 heterocycles. The summed E-state index contributed by atoms with van der Waals surface area (Å²) in [7, 11) is -4.05. The summed E-state index contributed by atoms with van der Waals surface area (Å²) in [5.41, 5.74) is 0.379. The summed E-state index contributed by atoms with van der Waals surface area (Å²) in [6, 6.07) is 2.46. The maximum atomic E-state index is 11.5. The lowest BCUT2D eigenvalue weighted by molar-refractivity contribution is 0.177. The number of aliphatic hydroxyl groups excluding tert-OH is 1. The molecule has 26 heavy (non-hydrogen) atoms. The SMILES string of the molecule is C[C@@H](O)[C@@H](C)Nc1nc(Nc2cc(Cl)c(S(N)(=O)=O)c(Cl)c2)ncc1Br. The summed E-state index contributed by atoms with van der Waals surface area (Å²) in [4.78, 5) is 8.07. The Balaban J connectivity index is 2.32. The molecule has 8 nitrogen and oxygen atoms in total. The first-order chi connectivity index (χ1) is 12.0. The Morgan fingerprint density at radius 1 is 1.27 bits per heavy atom. The minimum Gasteiger partial charge on any atom is -0.391 e. The van der Waals surface area contributed by atoms with E-state index in [1.807, 2.05) is 0 Å². The molecule has 0 radical (unpaired) electrons. The molecule has 0 aliphatic heterocycles. The average molecular weight is 485 g/mol. The number of primary sulfonamides is 1. The Kier molecular flexibility index (Phi) is 6.70. The highest BCUT2D eigenvalue weighted by Gasteiger charge is 2.19. The number of aliphatic hydroxyl groups is 1. The van der Waals surface area contributed by atoms with Gasteiger partial charge in [-0.1, -0.05) is 23.2 Å². The molecule has 142 valence electrons. The monoisotopic (exact) mass is 483 g/mol. The van der Waals surface area contributed by atoms with Gasteiger partial charge in [-0.3, -0.25) is 0 Å². The minimum absolute atomic E-state index is 0.124. The van der Waals surface area contributed by atoms with Gasteiger partial charge in [0, 0.05) is 11.9 Å². The van der Waals surface area contributed by atoms with Crippen molar-refractivity contribution in [3.05, 3.63) is 32.8 Å². The third kappa shape index (κ3) is 5.18. The predicted octanol–water partition coefficient (Wildman–Crippen LogP) is 3.12. The Labute approximate surface area is 169 Å². The number of nitrogens with one attached hydrogen (secondary N) is 2. The number of halogens is 3. The second-order valence-electron chi connectivity index (χ2n) is 5.50. The summed E-state index contributed by atoms with van der Waals surface area (Å²) in [6.07, 6.45) is 0.936. The predicted molar refractivity (Wildman–Crippen MR) is 106 cm³/mol. The van der Waals surface area contributed by atoms with E-state index in [0.717, 1.165) is 0 Å². The van der Waals surface area contributed by atoms with Gasteiger partial charge in [-0.25, -0.2) is 18.5 Å². The summed E-state index contributed by atoms with van der Waals surface area (Å²) in [6.45, 7) is 3.46. The van der Waals surface area contributed by atoms with E-state index in [2.05, 4.69) is 36.5 Å². The molecule has 2 aromatic rings. The van der Waals surface area contributed by atoms with Crippen LogP contribution in [0.3, 0.4) is 0 Å². The molecule has 12 heteroatoms. The van der Waals surface area contributed by atoms with Gasteiger partial charge in [0.15, 0.2) is 0 Å². The molecule has 2 atom stereocenters. The second-order valence-corrected chi connectivity index (χ2v) is 8.67. The Morgan fingerprint density at radius 2 is 1.85 bits per heavy atom. The molecule has 0 bridgehead atoms. The van der Waals surface area contributed by atoms with E-state index in [0.29, 0.717) is 16.0 Å². The van der Waals surface area contributed by atoms with Crippen molar-refractivity contribution in [1.82, 2.24) is 9.97 Å². The minimum atomic E-state index is -4.05. The quantitative estimate of drug-likeness (QED) is 0.495. The smallest absolute Gasteiger partial charge is 0.241 e. The molecule has 2 rings (SSSR count). The Bertz CT molecular complexity index is 904. The first kappa shape index (κ1) is 21.1. The molecule has 0 fully saturated rings. The highest BCUT2D eigenvalue weighted by Crippen LogP contribution is 2.33. The van der Waals surface area contributed by atoms with Crippen LogP contribution in [-0.2, 0) is 10.0 Å². The molecule has 0 amide bonds. The van der Waals surface area contributed by atoms with Crippen molar-refractivity contribution in [3.63, 3.8) is 0 Å². The van der Waals surface area contributed by atoms with Gasteiger partial charge in [0.1, 0.15) is 10.7 Å². The molecular formula is C14H16BrCl2N5O3S. The standard InChI is InChI=1S/C14H16BrCl2N5O3S/c1-6(7(2)23)20-13-9(15)5-19-14(22-13)21-8-3-10(16)12(11(17)4-8)26(18,24)25/h3-7,23H,1-2H3,(H2,18,24,25)(H2,19,20,21,22)/t6-,7-/m1/s1. The topological polar surface area (TPSA) is 130 Å². The number of hydrogen-bond donors (Lipinski definition) is 4. The van der Waals surface area contributed by atoms with Gasteiger partial charge in [0.25, 0.3) is 0 Å². The Morgan fingerprint density at radius 3 is 2.35 bits per heavy atom. The zero-order valence-corrected chi connectivity index (χ0v) is 17.6. The molecule has 0 saturated heterocycles. The van der Waals surface area contributed by atoms with Crippen molar-refractivity contribution in [2.45, 2.75) is 30.9 Å². The van der Waals surface area contributed by atoms with Crippen LogP contribution in [0.5, 0.6) is 0 Å². The third-order valence-corrected chi connectivity index (χ3v) is 5.78. The zero-order valence-electron chi connectivity index (χ0n) is 13.7. The van der Waals surface area contributed by atoms with Gasteiger partial charge in [0.2, 0.25) is 16.0 Å². The fourth-order valence-corrected chi connectivity index (χ4v) is 4.00. The van der Waals surface area contributed by atoms with Crippen molar-refractivity contribution in [2.24, 2.45) is 5.14 Å². The zero-order chi connectivity index (χ0) is 19.6. The molecule has 5 N–H and O–H groups in total. The summed E-state index contributed by atoms with van der Waals surface area (Å²) >= 11 is 15.3. The fraction of sp³-hybridized carbons (Fsp3) is 0.286. The van der Waals surface area contributed by atoms with Gasteiger partial charge in [-0.15, -0.1) is 0 Å². The van der Waals surface area contributed by atoms with Crippen LogP contribution in [0, 0.1) is 0 Å². The van der Waals surface area contributed by atoms with Crippen LogP contribution in [0.1, 0.15) is 13.8 Å². The first-order valence-corrected chi connectivity index (χ1v) is 10.3. The molecule has 1 aromatic heterocycles. The lowest BCUT2D eigenvalue weighted by Gasteiger charge is -2.18. The number of anilines is 3. The van der Waals surface area contributed by atoms with E-state index in [1.165, 1.54) is 18.3 Å². The highest BCUT2D eigenvalue weighted by molar-refractivity contribution is 9.10. The van der Waals surface area contributed by atoms with E-state index < -0.39 is 16.1 Å². The molecule has 0 saturated carbocycles. The van der Waals surface area contributed by atoms with Crippen LogP contribution in [0.25, 0.3) is 0 Å². The van der Waals surface area contributed by atoms with Gasteiger partial charge in [-0.2, -0.15) is 4.98 Å². The average Bonchev–Trinajstić information content (AvgIpc) is 2.48. The van der Waals surface area contributed by atoms with Gasteiger partial charge < -0.3 is 15.7 Å². The fourth-order valence-electron chi connectivity index (χ4n) is 1.90. The summed E-state index contributed by atoms with van der Waals surface area (Å²) < 4.78 is 23.6. The van der Waals surface area contributed by atoms with Gasteiger partial charge in [-0.05, 0) is 41.9 Å². The van der Waals surface area contributed by atoms with Gasteiger partial charge in [0.05, 0.1) is 26.7 Å². The van der Waals surface area contributed by atoms with E-state index in [4.69, 9.17) is 28.3 Å². The van der Waals surface area contributed by atoms with Crippen molar-refractivity contribution < 1.29 is 13.5 Å². The van der Waals surface area contributed by atoms with Crippen molar-refractivity contribution >= 4 is 66.6 Å². The summed E-state index contributed by atoms with van der Waals surface area (Å²) in [5, 5.41) is 20.4. The number of rotatable bonds is 6. The molecule has 0 unspecified atom stereocenters. The largest absolute Gasteiger partial charge is 0.391 e. The molecule has 1 aromatic carbocycles. The molecule has 0 aliphatic carbocycles. The van der Waals surface area contributed by atoms with E-state index in [9.17, 15) is 13.5 Å². The number of hydrogen-bond acceptors (Lipinski definition) is 7. The highest BCUT2D eigenvalue weighted by atomic mass is 79.9. The lowest BCUT2D eigenvalue weighted by atomic mass is 10.2. The molecule has 0 spiro atoms. The number of nitrogens with two attached hydrogens (primary N) is 1. The van der Waals surface area contributed by atoms with Crippen LogP contribution in [0.15, 0.2) is 27.7 Å². The van der Waals surface area contributed by atoms with Crippen molar-refractivity contribution in [3.8, 4) is 0 Å². The summed E-state index contributed by atoms with van der Waals surface area (Å²) in [5.74, 6) is 0.679. The third-order valence-electron chi connectivity index (χ3n) is 3.37. The number of aromatic nitrogens is 2. The molecular weight excluding hydrogens is 469 g/mol. The Hall–Kier alpha value is -1.17. The first-order valence-electron chi connectivity index (χ1n) is 7.25. The normalized spacial score (nSPS) is 14.0. The molecule has 0 aliphatic rings.